The summed E-state index contributed by atoms with van der Waals surface area (Å²) in [4.78, 5) is 8.38. The van der Waals surface area contributed by atoms with Gasteiger partial charge < -0.3 is 5.32 Å². The number of rotatable bonds is 3. The first-order chi connectivity index (χ1) is 5.84. The molecule has 1 aromatic heterocycles. The number of hydrogen-bond donors (Lipinski definition) is 2. The smallest absolute Gasteiger partial charge is 0.115 e. The summed E-state index contributed by atoms with van der Waals surface area (Å²) in [6.45, 7) is 0.761. The topological polar surface area (TPSA) is 37.8 Å². The van der Waals surface area contributed by atoms with Crippen molar-refractivity contribution in [3.05, 3.63) is 24.3 Å². The highest BCUT2D eigenvalue weighted by Crippen LogP contribution is 1.93. The Morgan fingerprint density at radius 2 is 2.17 bits per heavy atom. The molecule has 0 bridgehead atoms. The van der Waals surface area contributed by atoms with E-state index in [4.69, 9.17) is 12.2 Å². The van der Waals surface area contributed by atoms with Crippen molar-refractivity contribution in [1.82, 2.24) is 15.3 Å². The van der Waals surface area contributed by atoms with E-state index in [1.807, 2.05) is 0 Å². The molecule has 1 N–H and O–H groups in total. The highest BCUT2D eigenvalue weighted by atomic mass is 32.1. The molecule has 0 aliphatic rings. The van der Waals surface area contributed by atoms with Crippen LogP contribution >= 0.6 is 24.8 Å². The molecule has 0 radical (unpaired) electrons. The largest absolute Gasteiger partial charge is 0.375 e. The lowest BCUT2D eigenvalue weighted by atomic mass is 10.3. The van der Waals surface area contributed by atoms with Gasteiger partial charge in [-0.15, -0.1) is 0 Å². The van der Waals surface area contributed by atoms with Crippen LogP contribution in [0.3, 0.4) is 0 Å². The second-order valence-corrected chi connectivity index (χ2v) is 2.96. The lowest BCUT2D eigenvalue weighted by molar-refractivity contribution is 0.992. The third kappa shape index (κ3) is 2.75. The van der Waals surface area contributed by atoms with Gasteiger partial charge in [-0.05, 0) is 0 Å². The maximum absolute atomic E-state index is 5.06. The third-order valence-electron chi connectivity index (χ3n) is 1.22. The average molecular weight is 199 g/mol. The van der Waals surface area contributed by atoms with Gasteiger partial charge in [0.15, 0.2) is 0 Å². The number of thiol groups is 1. The molecule has 0 atom stereocenters. The molecule has 12 heavy (non-hydrogen) atoms. The van der Waals surface area contributed by atoms with Crippen LogP contribution in [0.2, 0.25) is 0 Å². The van der Waals surface area contributed by atoms with Crippen LogP contribution in [0.1, 0.15) is 5.56 Å². The van der Waals surface area contributed by atoms with E-state index in [2.05, 4.69) is 27.9 Å². The predicted octanol–water partition coefficient (Wildman–Crippen LogP) is 0.671. The Balaban J connectivity index is 2.54. The molecule has 3 nitrogen and oxygen atoms in total. The van der Waals surface area contributed by atoms with Gasteiger partial charge in [0.1, 0.15) is 11.3 Å². The molecule has 64 valence electrons. The van der Waals surface area contributed by atoms with E-state index in [9.17, 15) is 0 Å². The van der Waals surface area contributed by atoms with Crippen molar-refractivity contribution < 1.29 is 0 Å². The van der Waals surface area contributed by atoms with E-state index in [1.54, 1.807) is 12.4 Å². The van der Waals surface area contributed by atoms with Crippen molar-refractivity contribution in [1.29, 1.82) is 0 Å². The molecule has 0 saturated carbocycles. The molecule has 0 aromatic carbocycles. The summed E-state index contributed by atoms with van der Waals surface area (Å²) < 4.78 is 0. The Morgan fingerprint density at radius 1 is 1.50 bits per heavy atom. The van der Waals surface area contributed by atoms with Gasteiger partial charge in [-0.2, -0.15) is 12.6 Å². The summed E-state index contributed by atoms with van der Waals surface area (Å²) in [5.74, 6) is 0.758. The number of nitrogens with one attached hydrogen (secondary N) is 1. The lowest BCUT2D eigenvalue weighted by Crippen LogP contribution is -2.24. The zero-order valence-corrected chi connectivity index (χ0v) is 8.11. The fourth-order valence-electron chi connectivity index (χ4n) is 0.688. The highest BCUT2D eigenvalue weighted by Gasteiger charge is 1.98. The molecule has 0 amide bonds. The minimum Gasteiger partial charge on any atom is -0.375 e. The van der Waals surface area contributed by atoms with E-state index in [1.165, 1.54) is 6.33 Å². The van der Waals surface area contributed by atoms with Crippen LogP contribution in [0, 0.1) is 0 Å². The molecule has 1 heterocycles. The van der Waals surface area contributed by atoms with E-state index in [0.29, 0.717) is 4.99 Å². The first-order valence-electron chi connectivity index (χ1n) is 3.48. The molecule has 0 fully saturated rings. The third-order valence-corrected chi connectivity index (χ3v) is 1.82. The number of hydrogen-bond acceptors (Lipinski definition) is 4. The number of aromatic nitrogens is 2. The van der Waals surface area contributed by atoms with Crippen molar-refractivity contribution in [2.75, 3.05) is 12.3 Å². The van der Waals surface area contributed by atoms with Gasteiger partial charge in [-0.3, -0.25) is 0 Å². The SMILES string of the molecule is S=C(NCCS)c1cncnc1. The minimum absolute atomic E-state index is 0.671. The summed E-state index contributed by atoms with van der Waals surface area (Å²) in [5.41, 5.74) is 0.842. The second kappa shape index (κ2) is 5.05. The van der Waals surface area contributed by atoms with E-state index in [0.717, 1.165) is 17.9 Å². The van der Waals surface area contributed by atoms with E-state index >= 15 is 0 Å². The Kier molecular flexibility index (Phi) is 3.96. The molecule has 1 aromatic rings. The Hall–Kier alpha value is -0.680. The summed E-state index contributed by atoms with van der Waals surface area (Å²) >= 11 is 9.12. The molecule has 0 spiro atoms. The maximum atomic E-state index is 5.06. The number of nitrogens with zero attached hydrogens (tertiary/aromatic N) is 2. The van der Waals surface area contributed by atoms with E-state index in [-0.39, 0.29) is 0 Å². The molecule has 5 heteroatoms. The van der Waals surface area contributed by atoms with Crippen LogP contribution in [0.4, 0.5) is 0 Å². The lowest BCUT2D eigenvalue weighted by Gasteiger charge is -2.04. The summed E-state index contributed by atoms with van der Waals surface area (Å²) in [6.07, 6.45) is 4.84. The maximum Gasteiger partial charge on any atom is 0.115 e. The summed E-state index contributed by atoms with van der Waals surface area (Å²) in [7, 11) is 0. The zero-order valence-electron chi connectivity index (χ0n) is 6.40. The van der Waals surface area contributed by atoms with Crippen LogP contribution in [0.15, 0.2) is 18.7 Å². The first-order valence-corrected chi connectivity index (χ1v) is 4.52. The fourth-order valence-corrected chi connectivity index (χ4v) is 1.01. The van der Waals surface area contributed by atoms with Crippen molar-refractivity contribution in [2.24, 2.45) is 0 Å². The standard InChI is InChI=1S/C7H9N3S2/c11-2-1-10-7(12)6-3-8-5-9-4-6/h3-5,11H,1-2H2,(H,10,12). The second-order valence-electron chi connectivity index (χ2n) is 2.11. The van der Waals surface area contributed by atoms with Crippen LogP contribution in [0.5, 0.6) is 0 Å². The van der Waals surface area contributed by atoms with Gasteiger partial charge in [0, 0.05) is 30.3 Å². The normalized spacial score (nSPS) is 9.42. The molecule has 0 aliphatic heterocycles. The molecule has 0 unspecified atom stereocenters. The predicted molar refractivity (Wildman–Crippen MR) is 55.6 cm³/mol. The van der Waals surface area contributed by atoms with Crippen LogP contribution in [-0.4, -0.2) is 27.3 Å². The summed E-state index contributed by atoms with van der Waals surface area (Å²) in [5, 5.41) is 3.02. The van der Waals surface area contributed by atoms with Crippen LogP contribution < -0.4 is 5.32 Å². The molecular formula is C7H9N3S2. The minimum atomic E-state index is 0.671. The molecule has 1 rings (SSSR count). The molecule has 0 aliphatic carbocycles. The fraction of sp³-hybridized carbons (Fsp3) is 0.286. The van der Waals surface area contributed by atoms with Crippen molar-refractivity contribution in [3.63, 3.8) is 0 Å². The van der Waals surface area contributed by atoms with Crippen molar-refractivity contribution in [3.8, 4) is 0 Å². The number of thiocarbonyl (C=S) groups is 1. The van der Waals surface area contributed by atoms with Crippen molar-refractivity contribution >= 4 is 29.8 Å². The Bertz CT molecular complexity index is 250. The van der Waals surface area contributed by atoms with Gasteiger partial charge in [-0.25, -0.2) is 9.97 Å². The van der Waals surface area contributed by atoms with Gasteiger partial charge in [0.25, 0.3) is 0 Å². The van der Waals surface area contributed by atoms with Crippen LogP contribution in [-0.2, 0) is 0 Å². The highest BCUT2D eigenvalue weighted by molar-refractivity contribution is 7.81. The van der Waals surface area contributed by atoms with Gasteiger partial charge >= 0.3 is 0 Å². The quantitative estimate of drug-likeness (QED) is 0.554. The monoisotopic (exact) mass is 199 g/mol. The Labute approximate surface area is 82.0 Å². The van der Waals surface area contributed by atoms with Crippen LogP contribution in [0.25, 0.3) is 0 Å². The van der Waals surface area contributed by atoms with Gasteiger partial charge in [-0.1, -0.05) is 12.2 Å². The van der Waals surface area contributed by atoms with Gasteiger partial charge in [0.05, 0.1) is 0 Å². The first kappa shape index (κ1) is 9.41. The van der Waals surface area contributed by atoms with E-state index < -0.39 is 0 Å². The Morgan fingerprint density at radius 3 is 2.75 bits per heavy atom. The average Bonchev–Trinajstić information content (AvgIpc) is 2.15. The van der Waals surface area contributed by atoms with Gasteiger partial charge in [0.2, 0.25) is 0 Å². The molecule has 0 saturated heterocycles. The summed E-state index contributed by atoms with van der Waals surface area (Å²) in [6, 6.07) is 0. The molecular weight excluding hydrogens is 190 g/mol. The van der Waals surface area contributed by atoms with Crippen molar-refractivity contribution in [2.45, 2.75) is 0 Å². The zero-order chi connectivity index (χ0) is 8.81.